The Labute approximate surface area is 542 Å². The first kappa shape index (κ1) is 71.8. The molecule has 3 saturated heterocycles. The van der Waals surface area contributed by atoms with Gasteiger partial charge >= 0.3 is 24.2 Å². The van der Waals surface area contributed by atoms with Crippen molar-refractivity contribution in [1.29, 1.82) is 0 Å². The molecule has 0 radical (unpaired) electrons. The second-order valence-corrected chi connectivity index (χ2v) is 24.6. The van der Waals surface area contributed by atoms with Crippen molar-refractivity contribution in [3.8, 4) is 11.1 Å². The summed E-state index contributed by atoms with van der Waals surface area (Å²) < 4.78 is 34.2. The Balaban J connectivity index is 0.791. The Morgan fingerprint density at radius 2 is 1.46 bits per heavy atom. The molecule has 1 aliphatic carbocycles. The van der Waals surface area contributed by atoms with E-state index in [1.54, 1.807) is 51.1 Å². The van der Waals surface area contributed by atoms with E-state index in [0.717, 1.165) is 27.8 Å². The van der Waals surface area contributed by atoms with Gasteiger partial charge in [0.2, 0.25) is 29.5 Å². The number of urea groups is 1. The van der Waals surface area contributed by atoms with Gasteiger partial charge in [-0.05, 0) is 117 Å². The van der Waals surface area contributed by atoms with Crippen LogP contribution in [0.1, 0.15) is 135 Å². The number of esters is 1. The van der Waals surface area contributed by atoms with E-state index in [2.05, 4.69) is 73.9 Å². The maximum Gasteiger partial charge on any atom is 0.426 e. The smallest absolute Gasteiger partial charge is 0.426 e. The molecule has 93 heavy (non-hydrogen) atoms. The first-order valence-corrected chi connectivity index (χ1v) is 31.9. The highest BCUT2D eigenvalue weighted by molar-refractivity contribution is 5.98. The quantitative estimate of drug-likeness (QED) is 0.00653. The number of hydrazine groups is 1. The van der Waals surface area contributed by atoms with Crippen LogP contribution in [0.5, 0.6) is 0 Å². The van der Waals surface area contributed by atoms with Gasteiger partial charge in [0.05, 0.1) is 37.4 Å². The monoisotopic (exact) mass is 1290 g/mol. The lowest BCUT2D eigenvalue weighted by atomic mass is 9.87. The minimum Gasteiger partial charge on any atom is -0.459 e. The number of aliphatic hydroxyl groups excluding tert-OH is 1. The summed E-state index contributed by atoms with van der Waals surface area (Å²) in [5, 5.41) is 27.8. The van der Waals surface area contributed by atoms with E-state index < -0.39 is 84.0 Å². The first-order chi connectivity index (χ1) is 44.5. The van der Waals surface area contributed by atoms with Crippen LogP contribution < -0.4 is 48.5 Å². The lowest BCUT2D eigenvalue weighted by Gasteiger charge is -2.39. The molecule has 3 aliphatic heterocycles. The summed E-state index contributed by atoms with van der Waals surface area (Å²) in [5.74, 6) is -3.08. The van der Waals surface area contributed by atoms with E-state index in [4.69, 9.17) is 34.2 Å². The number of fused-ring (bicyclic) bond motifs is 3. The van der Waals surface area contributed by atoms with Gasteiger partial charge in [0.1, 0.15) is 49.2 Å². The Morgan fingerprint density at radius 1 is 0.774 bits per heavy atom. The predicted octanol–water partition coefficient (Wildman–Crippen LogP) is 6.43. The van der Waals surface area contributed by atoms with Gasteiger partial charge in [0.25, 0.3) is 0 Å². The van der Waals surface area contributed by atoms with Gasteiger partial charge in [-0.2, -0.15) is 0 Å². The number of hydrogen-bond acceptors (Lipinski definition) is 16. The zero-order valence-corrected chi connectivity index (χ0v) is 54.0. The zero-order valence-electron chi connectivity index (χ0n) is 54.0. The van der Waals surface area contributed by atoms with Crippen molar-refractivity contribution in [1.82, 2.24) is 37.4 Å². The highest BCUT2D eigenvalue weighted by Crippen LogP contribution is 2.45. The summed E-state index contributed by atoms with van der Waals surface area (Å²) in [6.07, 6.45) is 7.34. The number of epoxide rings is 1. The molecule has 25 heteroatoms. The molecule has 3 fully saturated rings. The average Bonchev–Trinajstić information content (AvgIpc) is 1.62. The summed E-state index contributed by atoms with van der Waals surface area (Å²) in [6.45, 7) is 13.2. The van der Waals surface area contributed by atoms with Crippen LogP contribution >= 0.6 is 0 Å². The number of anilines is 1. The normalized spacial score (nSPS) is 22.5. The summed E-state index contributed by atoms with van der Waals surface area (Å²) in [6, 6.07) is 19.6. The number of unbranched alkanes of at least 4 members (excludes halogenated alkanes) is 2. The van der Waals surface area contributed by atoms with Crippen molar-refractivity contribution in [2.75, 3.05) is 31.6 Å². The number of carbonyl (C=O) groups excluding carboxylic acids is 9. The molecule has 3 aromatic rings. The van der Waals surface area contributed by atoms with Crippen LogP contribution in [0, 0.1) is 11.8 Å². The molecule has 3 heterocycles. The van der Waals surface area contributed by atoms with Crippen LogP contribution in [-0.2, 0) is 63.8 Å². The van der Waals surface area contributed by atoms with E-state index in [1.807, 2.05) is 50.3 Å². The Hall–Kier alpha value is -8.65. The third-order valence-electron chi connectivity index (χ3n) is 16.8. The Kier molecular flexibility index (Phi) is 26.9. The minimum atomic E-state index is -1.09. The Bertz CT molecular complexity index is 3140. The van der Waals surface area contributed by atoms with E-state index >= 15 is 0 Å². The maximum atomic E-state index is 13.8. The lowest BCUT2D eigenvalue weighted by molar-refractivity contribution is -0.146. The number of alkyl carbamates (subject to hydrolysis) is 1. The van der Waals surface area contributed by atoms with Gasteiger partial charge < -0.3 is 71.2 Å². The van der Waals surface area contributed by atoms with Gasteiger partial charge in [-0.15, -0.1) is 0 Å². The lowest BCUT2D eigenvalue weighted by Crippen LogP contribution is -2.54. The van der Waals surface area contributed by atoms with Crippen LogP contribution in [0.3, 0.4) is 0 Å². The van der Waals surface area contributed by atoms with Crippen LogP contribution in [0.2, 0.25) is 0 Å². The van der Waals surface area contributed by atoms with Crippen molar-refractivity contribution < 1.29 is 76.7 Å². The fourth-order valence-corrected chi connectivity index (χ4v) is 11.6. The summed E-state index contributed by atoms with van der Waals surface area (Å²) in [4.78, 5) is 114. The standard InChI is InChI=1S/C68H91N9O16/c1-40(2)61(75-58(79)21-9-8-14-32-71-66(86)89-38-53-51-18-12-10-16-49(51)50-17-11-13-19-52(50)53)64(84)74-54(20-15-33-70-65(69)85)63(83)72-47-27-25-46(26-28-47)37-88-67(87)77-76-60(81)35-48-36-68(39-90-68)62(82)57(93-48)30-23-41(3)22-29-56-42(4)34-55(44(6)92-56)73-59(80)31-24-43(5)91-45(7)78/h10-13,16-19,22-28,30-31,40,42-44,48,53-57,61-62,82H,8-9,14-15,20-21,29,32-39H2,1-7H3,(H,71,86)(H,72,83)(H,73,80)(H,74,84)(H,75,79)(H,76,81)(H,77,87)(H3,69,70,85)/b30-23+,31-24-,41-22+/t42-,43-,44+,48+,54-,55+,56-,57+,61-,62+,68+/m0/s1. The fourth-order valence-electron chi connectivity index (χ4n) is 11.6. The van der Waals surface area contributed by atoms with Gasteiger partial charge in [-0.25, -0.2) is 19.8 Å². The molecule has 1 spiro atoms. The molecule has 25 nitrogen and oxygen atoms in total. The number of nitrogens with two attached hydrogens (primary N) is 1. The zero-order chi connectivity index (χ0) is 67.2. The Morgan fingerprint density at radius 3 is 2.13 bits per heavy atom. The maximum absolute atomic E-state index is 13.8. The van der Waals surface area contributed by atoms with Gasteiger partial charge in [-0.3, -0.25) is 34.2 Å². The molecule has 4 aliphatic rings. The molecular weight excluding hydrogens is 1200 g/mol. The summed E-state index contributed by atoms with van der Waals surface area (Å²) >= 11 is 0. The van der Waals surface area contributed by atoms with Gasteiger partial charge in [0.15, 0.2) is 0 Å². The van der Waals surface area contributed by atoms with Crippen LogP contribution in [0.25, 0.3) is 11.1 Å². The third kappa shape index (κ3) is 22.3. The van der Waals surface area contributed by atoms with Gasteiger partial charge in [-0.1, -0.05) is 112 Å². The summed E-state index contributed by atoms with van der Waals surface area (Å²) in [5.41, 5.74) is 15.3. The molecule has 504 valence electrons. The second kappa shape index (κ2) is 34.9. The highest BCUT2D eigenvalue weighted by Gasteiger charge is 2.58. The number of amides is 9. The molecule has 0 unspecified atom stereocenters. The molecule has 3 aromatic carbocycles. The number of allylic oxidation sites excluding steroid dienone is 2. The molecule has 11 N–H and O–H groups in total. The number of nitrogens with one attached hydrogen (secondary N) is 8. The fraction of sp³-hybridized carbons (Fsp3) is 0.515. The van der Waals surface area contributed by atoms with E-state index in [-0.39, 0.29) is 99.7 Å². The number of aliphatic hydroxyl groups is 1. The minimum absolute atomic E-state index is 0.0530. The van der Waals surface area contributed by atoms with Crippen molar-refractivity contribution in [2.24, 2.45) is 17.6 Å². The SMILES string of the molecule is CC(=O)O[C@@H](C)/C=C\C(=O)N[C@@H]1C[C@H](C)[C@H](C/C=C(C)/C=C/[C@H]2O[C@H](CC(=O)NNC(=O)OCc3ccc(NC(=O)[C@H](CCCNC(N)=O)NC(=O)[C@@H](NC(=O)CCCCCNC(=O)OCC4c5ccccc5-c5ccccc54)C(C)C)cc3)C[C@@]3(CO3)[C@@H]2O)O[C@@H]1C. The van der Waals surface area contributed by atoms with E-state index in [9.17, 15) is 48.3 Å². The molecule has 0 saturated carbocycles. The topological polar surface area (TPSA) is 355 Å². The van der Waals surface area contributed by atoms with Crippen molar-refractivity contribution >= 4 is 59.4 Å². The number of ether oxygens (including phenoxy) is 6. The molecule has 11 atom stereocenters. The summed E-state index contributed by atoms with van der Waals surface area (Å²) in [7, 11) is 0. The van der Waals surface area contributed by atoms with E-state index in [0.29, 0.717) is 56.5 Å². The third-order valence-corrected chi connectivity index (χ3v) is 16.8. The number of primary amides is 1. The second-order valence-electron chi connectivity index (χ2n) is 24.6. The molecule has 9 amide bonds. The van der Waals surface area contributed by atoms with E-state index in [1.165, 1.54) is 19.1 Å². The predicted molar refractivity (Wildman–Crippen MR) is 344 cm³/mol. The largest absolute Gasteiger partial charge is 0.459 e. The average molecular weight is 1290 g/mol. The van der Waals surface area contributed by atoms with Crippen LogP contribution in [-0.4, -0.2) is 145 Å². The molecule has 0 aromatic heterocycles. The van der Waals surface area contributed by atoms with Crippen LogP contribution in [0.4, 0.5) is 20.1 Å². The first-order valence-electron chi connectivity index (χ1n) is 31.9. The van der Waals surface area contributed by atoms with Crippen molar-refractivity contribution in [3.63, 3.8) is 0 Å². The number of carbonyl (C=O) groups is 9. The highest BCUT2D eigenvalue weighted by atomic mass is 16.6. The number of hydrogen-bond donors (Lipinski definition) is 10. The number of benzene rings is 3. The van der Waals surface area contributed by atoms with Crippen molar-refractivity contribution in [2.45, 2.75) is 186 Å². The molecule has 0 bridgehead atoms. The van der Waals surface area contributed by atoms with Crippen molar-refractivity contribution in [3.05, 3.63) is 125 Å². The molecule has 7 rings (SSSR count). The van der Waals surface area contributed by atoms with Crippen LogP contribution in [0.15, 0.2) is 109 Å². The number of rotatable bonds is 30. The van der Waals surface area contributed by atoms with Gasteiger partial charge in [0, 0.05) is 50.5 Å². The molecular formula is C68H91N9O16.